The molecule has 4 rings (SSSR count). The van der Waals surface area contributed by atoms with Crippen LogP contribution in [0.3, 0.4) is 0 Å². The van der Waals surface area contributed by atoms with Gasteiger partial charge in [0.15, 0.2) is 0 Å². The van der Waals surface area contributed by atoms with Crippen LogP contribution in [0.4, 0.5) is 23.1 Å². The third-order valence-corrected chi connectivity index (χ3v) is 5.80. The minimum Gasteiger partial charge on any atom is -0.369 e. The summed E-state index contributed by atoms with van der Waals surface area (Å²) in [4.78, 5) is 68.4. The smallest absolute Gasteiger partial charge is 0.269 e. The number of fused-ring (bicyclic) bond motifs is 1. The minimum absolute atomic E-state index is 0.00544. The Morgan fingerprint density at radius 1 is 1.18 bits per heavy atom. The summed E-state index contributed by atoms with van der Waals surface area (Å²) in [6.07, 6.45) is 0.783. The Labute approximate surface area is 186 Å². The zero-order valence-electron chi connectivity index (χ0n) is 17.4. The number of carbonyl (C=O) groups is 3. The van der Waals surface area contributed by atoms with Crippen molar-refractivity contribution in [2.75, 3.05) is 28.6 Å². The highest BCUT2D eigenvalue weighted by Gasteiger charge is 2.35. The fourth-order valence-electron chi connectivity index (χ4n) is 4.00. The van der Waals surface area contributed by atoms with Crippen molar-refractivity contribution in [3.05, 3.63) is 50.3 Å². The molecule has 1 unspecified atom stereocenters. The van der Waals surface area contributed by atoms with Crippen molar-refractivity contribution >= 4 is 40.9 Å². The first-order chi connectivity index (χ1) is 15.7. The van der Waals surface area contributed by atoms with Crippen molar-refractivity contribution in [2.45, 2.75) is 25.2 Å². The number of hydrogen-bond donors (Lipinski definition) is 4. The summed E-state index contributed by atoms with van der Waals surface area (Å²) < 4.78 is 0. The fourth-order valence-corrected chi connectivity index (χ4v) is 4.00. The van der Waals surface area contributed by atoms with Crippen LogP contribution in [0.25, 0.3) is 0 Å². The Kier molecular flexibility index (Phi) is 5.77. The van der Waals surface area contributed by atoms with E-state index >= 15 is 0 Å². The zero-order valence-corrected chi connectivity index (χ0v) is 17.4. The van der Waals surface area contributed by atoms with Crippen LogP contribution in [-0.2, 0) is 14.4 Å². The van der Waals surface area contributed by atoms with E-state index < -0.39 is 28.2 Å². The van der Waals surface area contributed by atoms with Crippen molar-refractivity contribution in [3.8, 4) is 0 Å². The van der Waals surface area contributed by atoms with E-state index in [1.54, 1.807) is 4.90 Å². The summed E-state index contributed by atoms with van der Waals surface area (Å²) >= 11 is 0. The summed E-state index contributed by atoms with van der Waals surface area (Å²) in [6, 6.07) is 5.20. The monoisotopic (exact) mass is 455 g/mol. The van der Waals surface area contributed by atoms with E-state index in [1.807, 2.05) is 0 Å². The van der Waals surface area contributed by atoms with Crippen molar-refractivity contribution in [1.29, 1.82) is 0 Å². The van der Waals surface area contributed by atoms with Gasteiger partial charge in [-0.2, -0.15) is 4.98 Å². The average Bonchev–Trinajstić information content (AvgIpc) is 2.78. The van der Waals surface area contributed by atoms with Gasteiger partial charge in [0, 0.05) is 43.2 Å². The number of benzene rings is 1. The molecule has 0 saturated carbocycles. The topological polar surface area (TPSA) is 193 Å². The molecule has 13 nitrogen and oxygen atoms in total. The van der Waals surface area contributed by atoms with E-state index in [0.29, 0.717) is 25.9 Å². The second-order valence-corrected chi connectivity index (χ2v) is 7.91. The number of nitrogens with two attached hydrogens (primary N) is 1. The van der Waals surface area contributed by atoms with Gasteiger partial charge in [-0.1, -0.05) is 0 Å². The number of nitro benzene ring substituents is 1. The van der Waals surface area contributed by atoms with Crippen LogP contribution >= 0.6 is 0 Å². The van der Waals surface area contributed by atoms with Crippen LogP contribution < -0.4 is 26.8 Å². The molecule has 5 N–H and O–H groups in total. The zero-order chi connectivity index (χ0) is 23.7. The molecule has 3 amide bonds. The fraction of sp³-hybridized carbons (Fsp3) is 0.350. The number of nitrogens with zero attached hydrogens (tertiary/aromatic N) is 3. The largest absolute Gasteiger partial charge is 0.369 e. The predicted octanol–water partition coefficient (Wildman–Crippen LogP) is 0.444. The summed E-state index contributed by atoms with van der Waals surface area (Å²) in [6.45, 7) is 0.903. The predicted molar refractivity (Wildman–Crippen MR) is 117 cm³/mol. The highest BCUT2D eigenvalue weighted by atomic mass is 16.6. The molecule has 1 atom stereocenters. The highest BCUT2D eigenvalue weighted by Crippen LogP contribution is 2.31. The molecule has 0 aliphatic carbocycles. The molecule has 172 valence electrons. The lowest BCUT2D eigenvalue weighted by atomic mass is 9.92. The van der Waals surface area contributed by atoms with Crippen LogP contribution in [0.2, 0.25) is 0 Å². The average molecular weight is 455 g/mol. The number of aromatic nitrogens is 2. The molecular formula is C20H21N7O6. The lowest BCUT2D eigenvalue weighted by Gasteiger charge is -2.32. The number of non-ortho nitro benzene ring substituents is 1. The molecule has 3 heterocycles. The molecule has 2 aromatic rings. The standard InChI is InChI=1S/C20H21N7O6/c21-16(29)10-5-7-26(8-6-10)20-24-17-15(19(31)25-20)13(9-14(28)23-17)18(30)22-11-1-3-12(4-2-11)27(32)33/h1-4,10,13H,5-9H2,(H2,21,29)(H,22,30)(H2,23,24,25,28,31). The van der Waals surface area contributed by atoms with E-state index in [9.17, 15) is 29.3 Å². The maximum atomic E-state index is 12.9. The van der Waals surface area contributed by atoms with E-state index in [0.717, 1.165) is 0 Å². The quantitative estimate of drug-likeness (QED) is 0.368. The number of H-pyrrole nitrogens is 1. The van der Waals surface area contributed by atoms with Crippen LogP contribution in [0, 0.1) is 16.0 Å². The van der Waals surface area contributed by atoms with Gasteiger partial charge in [-0.3, -0.25) is 34.3 Å². The molecule has 33 heavy (non-hydrogen) atoms. The van der Waals surface area contributed by atoms with E-state index in [1.165, 1.54) is 24.3 Å². The molecule has 1 aromatic heterocycles. The first kappa shape index (κ1) is 21.9. The Hall–Kier alpha value is -4.29. The van der Waals surface area contributed by atoms with Gasteiger partial charge in [-0.15, -0.1) is 0 Å². The number of nitrogens with one attached hydrogen (secondary N) is 3. The third kappa shape index (κ3) is 4.51. The van der Waals surface area contributed by atoms with E-state index in [-0.39, 0.29) is 47.0 Å². The molecular weight excluding hydrogens is 434 g/mol. The summed E-state index contributed by atoms with van der Waals surface area (Å²) in [5, 5.41) is 15.9. The van der Waals surface area contributed by atoms with Crippen molar-refractivity contribution < 1.29 is 19.3 Å². The summed E-state index contributed by atoms with van der Waals surface area (Å²) in [5.41, 5.74) is 4.98. The number of hydrogen-bond acceptors (Lipinski definition) is 8. The summed E-state index contributed by atoms with van der Waals surface area (Å²) in [5.74, 6) is -2.53. The first-order valence-corrected chi connectivity index (χ1v) is 10.3. The number of anilines is 3. The molecule has 2 aliphatic rings. The molecule has 2 aliphatic heterocycles. The molecule has 0 radical (unpaired) electrons. The molecule has 1 aromatic carbocycles. The van der Waals surface area contributed by atoms with Gasteiger partial charge in [-0.25, -0.2) is 0 Å². The maximum absolute atomic E-state index is 12.9. The Bertz CT molecular complexity index is 1180. The van der Waals surface area contributed by atoms with Crippen molar-refractivity contribution in [2.24, 2.45) is 11.7 Å². The van der Waals surface area contributed by atoms with Crippen LogP contribution in [0.15, 0.2) is 29.1 Å². The minimum atomic E-state index is -1.09. The Balaban J connectivity index is 1.56. The van der Waals surface area contributed by atoms with Crippen LogP contribution in [-0.4, -0.2) is 45.7 Å². The molecule has 13 heteroatoms. The van der Waals surface area contributed by atoms with Crippen LogP contribution in [0.1, 0.15) is 30.7 Å². The summed E-state index contributed by atoms with van der Waals surface area (Å²) in [7, 11) is 0. The molecule has 0 spiro atoms. The second kappa shape index (κ2) is 8.68. The van der Waals surface area contributed by atoms with E-state index in [2.05, 4.69) is 20.6 Å². The van der Waals surface area contributed by atoms with Gasteiger partial charge < -0.3 is 21.3 Å². The second-order valence-electron chi connectivity index (χ2n) is 7.91. The maximum Gasteiger partial charge on any atom is 0.269 e. The van der Waals surface area contributed by atoms with Gasteiger partial charge in [-0.05, 0) is 25.0 Å². The van der Waals surface area contributed by atoms with E-state index in [4.69, 9.17) is 5.73 Å². The number of piperidine rings is 1. The Morgan fingerprint density at radius 2 is 1.85 bits per heavy atom. The highest BCUT2D eigenvalue weighted by molar-refractivity contribution is 6.04. The van der Waals surface area contributed by atoms with Crippen molar-refractivity contribution in [1.82, 2.24) is 9.97 Å². The van der Waals surface area contributed by atoms with Gasteiger partial charge in [0.25, 0.3) is 11.2 Å². The molecule has 1 fully saturated rings. The van der Waals surface area contributed by atoms with Gasteiger partial charge >= 0.3 is 0 Å². The Morgan fingerprint density at radius 3 is 2.45 bits per heavy atom. The number of rotatable bonds is 5. The van der Waals surface area contributed by atoms with Crippen molar-refractivity contribution in [3.63, 3.8) is 0 Å². The van der Waals surface area contributed by atoms with Crippen LogP contribution in [0.5, 0.6) is 0 Å². The van der Waals surface area contributed by atoms with Gasteiger partial charge in [0.1, 0.15) is 5.82 Å². The lowest BCUT2D eigenvalue weighted by Crippen LogP contribution is -2.41. The lowest BCUT2D eigenvalue weighted by molar-refractivity contribution is -0.384. The first-order valence-electron chi connectivity index (χ1n) is 10.3. The molecule has 0 bridgehead atoms. The van der Waals surface area contributed by atoms with Gasteiger partial charge in [0.2, 0.25) is 23.7 Å². The normalized spacial score (nSPS) is 18.2. The van der Waals surface area contributed by atoms with Gasteiger partial charge in [0.05, 0.1) is 16.4 Å². The number of primary amides is 1. The SMILES string of the molecule is NC(=O)C1CCN(c2nc3c(c(=O)[nH]2)C(C(=O)Nc2ccc([N+](=O)[O-])cc2)CC(=O)N3)CC1. The number of amides is 3. The molecule has 1 saturated heterocycles. The number of nitro groups is 1. The third-order valence-electron chi connectivity index (χ3n) is 5.80. The number of aromatic amines is 1. The number of carbonyl (C=O) groups excluding carboxylic acids is 3.